The number of ether oxygens (including phenoxy) is 1. The lowest BCUT2D eigenvalue weighted by Gasteiger charge is -2.27. The second-order valence-corrected chi connectivity index (χ2v) is 8.24. The first-order valence-corrected chi connectivity index (χ1v) is 10.8. The third-order valence-corrected chi connectivity index (χ3v) is 6.27. The number of rotatable bonds is 3. The molecule has 0 unspecified atom stereocenters. The fraction of sp³-hybridized carbons (Fsp3) is 0.0400. The van der Waals surface area contributed by atoms with E-state index in [-0.39, 0.29) is 5.91 Å². The largest absolute Gasteiger partial charge is 0.457 e. The molecule has 1 N–H and O–H groups in total. The number of amides is 1. The zero-order valence-corrected chi connectivity index (χ0v) is 17.2. The smallest absolute Gasteiger partial charge is 0.236 e. The Bertz CT molecular complexity index is 1360. The van der Waals surface area contributed by atoms with E-state index in [9.17, 15) is 4.79 Å². The Morgan fingerprint density at radius 3 is 2.35 bits per heavy atom. The summed E-state index contributed by atoms with van der Waals surface area (Å²) in [6.45, 7) is 0. The molecule has 0 aliphatic carbocycles. The lowest BCUT2D eigenvalue weighted by Crippen LogP contribution is -2.25. The molecule has 5 aromatic rings. The first-order chi connectivity index (χ1) is 15.3. The molecule has 0 spiro atoms. The molecule has 6 rings (SSSR count). The van der Waals surface area contributed by atoms with E-state index < -0.39 is 5.92 Å². The van der Waals surface area contributed by atoms with Crippen LogP contribution < -0.4 is 10.1 Å². The van der Waals surface area contributed by atoms with E-state index in [1.807, 2.05) is 95.0 Å². The molecule has 0 fully saturated rings. The van der Waals surface area contributed by atoms with Crippen LogP contribution in [-0.4, -0.2) is 15.3 Å². The summed E-state index contributed by atoms with van der Waals surface area (Å²) < 4.78 is 8.02. The van der Waals surface area contributed by atoms with Crippen molar-refractivity contribution in [1.29, 1.82) is 0 Å². The van der Waals surface area contributed by atoms with Gasteiger partial charge in [0.05, 0.1) is 17.3 Å². The highest BCUT2D eigenvalue weighted by Gasteiger charge is 2.32. The molecule has 31 heavy (non-hydrogen) atoms. The van der Waals surface area contributed by atoms with E-state index in [1.54, 1.807) is 11.3 Å². The van der Waals surface area contributed by atoms with E-state index in [0.717, 1.165) is 33.0 Å². The predicted molar refractivity (Wildman–Crippen MR) is 122 cm³/mol. The Hall–Kier alpha value is -3.90. The summed E-state index contributed by atoms with van der Waals surface area (Å²) in [4.78, 5) is 19.2. The van der Waals surface area contributed by atoms with Crippen molar-refractivity contribution in [2.75, 3.05) is 5.32 Å². The molecule has 0 saturated heterocycles. The average Bonchev–Trinajstić information content (AvgIpc) is 3.40. The van der Waals surface area contributed by atoms with E-state index in [2.05, 4.69) is 5.32 Å². The van der Waals surface area contributed by atoms with Gasteiger partial charge in [0.15, 0.2) is 4.96 Å². The molecular formula is C25H17N3O2S. The molecule has 3 heterocycles. The highest BCUT2D eigenvalue weighted by atomic mass is 32.1. The van der Waals surface area contributed by atoms with Gasteiger partial charge >= 0.3 is 0 Å². The summed E-state index contributed by atoms with van der Waals surface area (Å²) in [6, 6.07) is 23.2. The first kappa shape index (κ1) is 17.9. The van der Waals surface area contributed by atoms with Gasteiger partial charge in [-0.1, -0.05) is 54.6 Å². The quantitative estimate of drug-likeness (QED) is 0.391. The Balaban J connectivity index is 1.40. The lowest BCUT2D eigenvalue weighted by molar-refractivity contribution is -0.116. The predicted octanol–water partition coefficient (Wildman–Crippen LogP) is 5.94. The van der Waals surface area contributed by atoms with Gasteiger partial charge in [-0.2, -0.15) is 0 Å². The normalized spacial score (nSPS) is 12.8. The van der Waals surface area contributed by atoms with Gasteiger partial charge in [-0.15, -0.1) is 11.3 Å². The minimum Gasteiger partial charge on any atom is -0.457 e. The van der Waals surface area contributed by atoms with Crippen molar-refractivity contribution in [3.8, 4) is 22.8 Å². The summed E-state index contributed by atoms with van der Waals surface area (Å²) in [5.41, 5.74) is 4.17. The average molecular weight is 423 g/mol. The topological polar surface area (TPSA) is 55.6 Å². The SMILES string of the molecule is O=C(Nc1ccccc1-c1cn2ccsc2n1)C1c2ccccc2Oc2ccccc21. The monoisotopic (exact) mass is 423 g/mol. The summed E-state index contributed by atoms with van der Waals surface area (Å²) in [6.07, 6.45) is 3.96. The molecule has 6 heteroatoms. The van der Waals surface area contributed by atoms with Gasteiger partial charge in [-0.25, -0.2) is 4.98 Å². The number of thiazole rings is 1. The molecule has 1 amide bonds. The van der Waals surface area contributed by atoms with Crippen LogP contribution >= 0.6 is 11.3 Å². The Morgan fingerprint density at radius 2 is 1.61 bits per heavy atom. The Kier molecular flexibility index (Phi) is 4.11. The fourth-order valence-corrected chi connectivity index (χ4v) is 4.77. The van der Waals surface area contributed by atoms with Gasteiger partial charge < -0.3 is 10.1 Å². The lowest BCUT2D eigenvalue weighted by atomic mass is 9.87. The van der Waals surface area contributed by atoms with Gasteiger partial charge in [0.25, 0.3) is 0 Å². The van der Waals surface area contributed by atoms with E-state index in [1.165, 1.54) is 0 Å². The van der Waals surface area contributed by atoms with E-state index in [4.69, 9.17) is 9.72 Å². The highest BCUT2D eigenvalue weighted by Crippen LogP contribution is 2.44. The van der Waals surface area contributed by atoms with Crippen LogP contribution in [0, 0.1) is 0 Å². The maximum atomic E-state index is 13.6. The van der Waals surface area contributed by atoms with Gasteiger partial charge in [0, 0.05) is 34.5 Å². The number of anilines is 1. The van der Waals surface area contributed by atoms with Crippen LogP contribution in [0.15, 0.2) is 90.6 Å². The number of carbonyl (C=O) groups excluding carboxylic acids is 1. The molecule has 150 valence electrons. The maximum absolute atomic E-state index is 13.6. The Labute approximate surface area is 182 Å². The number of aromatic nitrogens is 2. The van der Waals surface area contributed by atoms with Crippen LogP contribution in [0.4, 0.5) is 5.69 Å². The van der Waals surface area contributed by atoms with Crippen molar-refractivity contribution in [3.05, 3.63) is 102 Å². The third-order valence-electron chi connectivity index (χ3n) is 5.50. The molecule has 3 aromatic carbocycles. The number of carbonyl (C=O) groups is 1. The van der Waals surface area contributed by atoms with Crippen molar-refractivity contribution >= 4 is 27.9 Å². The van der Waals surface area contributed by atoms with Crippen LogP contribution in [-0.2, 0) is 4.79 Å². The van der Waals surface area contributed by atoms with Crippen molar-refractivity contribution in [1.82, 2.24) is 9.38 Å². The number of fused-ring (bicyclic) bond motifs is 3. The second-order valence-electron chi connectivity index (χ2n) is 7.36. The third kappa shape index (κ3) is 3.00. The van der Waals surface area contributed by atoms with Gasteiger partial charge in [0.2, 0.25) is 5.91 Å². The van der Waals surface area contributed by atoms with E-state index in [0.29, 0.717) is 11.5 Å². The van der Waals surface area contributed by atoms with Crippen molar-refractivity contribution in [3.63, 3.8) is 0 Å². The van der Waals surface area contributed by atoms with Crippen LogP contribution in [0.5, 0.6) is 11.5 Å². The zero-order chi connectivity index (χ0) is 20.8. The molecule has 1 aliphatic rings. The molecule has 2 aromatic heterocycles. The molecule has 5 nitrogen and oxygen atoms in total. The zero-order valence-electron chi connectivity index (χ0n) is 16.4. The van der Waals surface area contributed by atoms with Crippen LogP contribution in [0.1, 0.15) is 17.0 Å². The summed E-state index contributed by atoms with van der Waals surface area (Å²) in [7, 11) is 0. The first-order valence-electron chi connectivity index (χ1n) is 9.96. The number of hydrogen-bond acceptors (Lipinski definition) is 4. The second kappa shape index (κ2) is 7.11. The number of nitrogens with one attached hydrogen (secondary N) is 1. The molecule has 0 radical (unpaired) electrons. The van der Waals surface area contributed by atoms with Crippen molar-refractivity contribution in [2.24, 2.45) is 0 Å². The highest BCUT2D eigenvalue weighted by molar-refractivity contribution is 7.15. The van der Waals surface area contributed by atoms with Crippen LogP contribution in [0.3, 0.4) is 0 Å². The van der Waals surface area contributed by atoms with Crippen molar-refractivity contribution in [2.45, 2.75) is 5.92 Å². The van der Waals surface area contributed by atoms with E-state index >= 15 is 0 Å². The minimum absolute atomic E-state index is 0.100. The Morgan fingerprint density at radius 1 is 0.935 bits per heavy atom. The standard InChI is InChI=1S/C25H17N3O2S/c29-24(23-17-8-2-5-11-21(17)30-22-12-6-3-9-18(22)23)26-19-10-4-1-7-16(19)20-15-28-13-14-31-25(28)27-20/h1-15,23H,(H,26,29). The number of hydrogen-bond donors (Lipinski definition) is 1. The number of imidazole rings is 1. The molecule has 1 aliphatic heterocycles. The fourth-order valence-electron chi connectivity index (χ4n) is 4.07. The van der Waals surface area contributed by atoms with Crippen molar-refractivity contribution < 1.29 is 9.53 Å². The van der Waals surface area contributed by atoms with Gasteiger partial charge in [0.1, 0.15) is 11.5 Å². The summed E-state index contributed by atoms with van der Waals surface area (Å²) >= 11 is 1.58. The van der Waals surface area contributed by atoms with Gasteiger partial charge in [-0.05, 0) is 18.2 Å². The number of nitrogens with zero attached hydrogens (tertiary/aromatic N) is 2. The molecule has 0 saturated carbocycles. The molecule has 0 atom stereocenters. The molecule has 0 bridgehead atoms. The van der Waals surface area contributed by atoms with Crippen LogP contribution in [0.2, 0.25) is 0 Å². The van der Waals surface area contributed by atoms with Crippen LogP contribution in [0.25, 0.3) is 16.2 Å². The summed E-state index contributed by atoms with van der Waals surface area (Å²) in [5.74, 6) is 0.865. The minimum atomic E-state index is -0.459. The van der Waals surface area contributed by atoms with Gasteiger partial charge in [-0.3, -0.25) is 9.20 Å². The molecular weight excluding hydrogens is 406 g/mol. The summed E-state index contributed by atoms with van der Waals surface area (Å²) in [5, 5.41) is 5.16. The maximum Gasteiger partial charge on any atom is 0.236 e. The number of benzene rings is 3. The number of para-hydroxylation sites is 3.